The quantitative estimate of drug-likeness (QED) is 0.607. The second-order valence-electron chi connectivity index (χ2n) is 4.99. The van der Waals surface area contributed by atoms with Crippen LogP contribution < -0.4 is 19.9 Å². The Morgan fingerprint density at radius 2 is 2.00 bits per heavy atom. The highest BCUT2D eigenvalue weighted by atomic mass is 16.6. The molecule has 106 valence electrons. The lowest BCUT2D eigenvalue weighted by atomic mass is 10.2. The van der Waals surface area contributed by atoms with Gasteiger partial charge >= 0.3 is 0 Å². The molecule has 2 N–H and O–H groups in total. The van der Waals surface area contributed by atoms with Gasteiger partial charge in [-0.05, 0) is 37.5 Å². The summed E-state index contributed by atoms with van der Waals surface area (Å²) >= 11 is 0. The number of amidine groups is 1. The van der Waals surface area contributed by atoms with Gasteiger partial charge in [-0.2, -0.15) is 5.43 Å². The van der Waals surface area contributed by atoms with Crippen LogP contribution in [0.5, 0.6) is 11.5 Å². The Morgan fingerprint density at radius 3 is 2.95 bits per heavy atom. The minimum atomic E-state index is 0.605. The molecule has 5 nitrogen and oxygen atoms in total. The predicted octanol–water partition coefficient (Wildman–Crippen LogP) is 0.434. The lowest BCUT2D eigenvalue weighted by Gasteiger charge is -2.18. The van der Waals surface area contributed by atoms with E-state index in [0.29, 0.717) is 13.2 Å². The molecular weight excluding hydrogens is 254 g/mol. The van der Waals surface area contributed by atoms with Crippen LogP contribution in [0, 0.1) is 0 Å². The highest BCUT2D eigenvalue weighted by Crippen LogP contribution is 2.30. The summed E-state index contributed by atoms with van der Waals surface area (Å²) in [5, 5.41) is 4.28. The first-order valence-electron chi connectivity index (χ1n) is 7.20. The van der Waals surface area contributed by atoms with Crippen LogP contribution >= 0.6 is 0 Å². The van der Waals surface area contributed by atoms with Crippen molar-refractivity contribution in [2.75, 3.05) is 19.8 Å². The summed E-state index contributed by atoms with van der Waals surface area (Å²) < 4.78 is 11.0. The molecule has 2 heterocycles. The fourth-order valence-electron chi connectivity index (χ4n) is 2.35. The van der Waals surface area contributed by atoms with Gasteiger partial charge in [-0.3, -0.25) is 4.99 Å². The van der Waals surface area contributed by atoms with E-state index >= 15 is 0 Å². The van der Waals surface area contributed by atoms with E-state index in [1.165, 1.54) is 19.3 Å². The fourth-order valence-corrected chi connectivity index (χ4v) is 2.35. The number of rotatable bonds is 2. The van der Waals surface area contributed by atoms with E-state index in [9.17, 15) is 0 Å². The van der Waals surface area contributed by atoms with Crippen LogP contribution in [0.1, 0.15) is 31.2 Å². The van der Waals surface area contributed by atoms with Gasteiger partial charge in [0, 0.05) is 5.56 Å². The molecule has 0 spiro atoms. The van der Waals surface area contributed by atoms with Gasteiger partial charge in [0.15, 0.2) is 11.5 Å². The number of nitrogens with zero attached hydrogens (tertiary/aromatic N) is 1. The molecule has 1 aromatic carbocycles. The van der Waals surface area contributed by atoms with Crippen LogP contribution in [0.25, 0.3) is 0 Å². The molecule has 0 unspecified atom stereocenters. The Morgan fingerprint density at radius 1 is 1.10 bits per heavy atom. The normalized spacial score (nSPS) is 18.5. The van der Waals surface area contributed by atoms with E-state index in [2.05, 4.69) is 15.5 Å². The maximum Gasteiger partial charge on any atom is 0.267 e. The molecule has 0 aliphatic carbocycles. The molecule has 20 heavy (non-hydrogen) atoms. The molecule has 5 heteroatoms. The van der Waals surface area contributed by atoms with E-state index < -0.39 is 0 Å². The van der Waals surface area contributed by atoms with Crippen molar-refractivity contribution in [1.29, 1.82) is 0 Å². The van der Waals surface area contributed by atoms with E-state index in [4.69, 9.17) is 9.47 Å². The number of nitrogens with one attached hydrogen (secondary N) is 2. The number of hydrogen-bond acceptors (Lipinski definition) is 4. The minimum Gasteiger partial charge on any atom is -0.486 e. The second-order valence-corrected chi connectivity index (χ2v) is 4.99. The smallest absolute Gasteiger partial charge is 0.267 e. The number of hydrogen-bond donors (Lipinski definition) is 2. The van der Waals surface area contributed by atoms with Gasteiger partial charge in [0.05, 0.1) is 19.2 Å². The predicted molar refractivity (Wildman–Crippen MR) is 77.5 cm³/mol. The van der Waals surface area contributed by atoms with Crippen molar-refractivity contribution in [3.8, 4) is 11.5 Å². The SMILES string of the molecule is C(=N\NC1=[NH+]CCCCC1)/c1ccc2c(c1)OCCO2. The highest BCUT2D eigenvalue weighted by molar-refractivity contribution is 5.83. The Bertz CT molecular complexity index is 526. The van der Waals surface area contributed by atoms with Crippen molar-refractivity contribution in [2.45, 2.75) is 25.7 Å². The molecule has 2 aliphatic heterocycles. The van der Waals surface area contributed by atoms with Gasteiger partial charge in [0.2, 0.25) is 0 Å². The number of fused-ring (bicyclic) bond motifs is 1. The maximum absolute atomic E-state index is 5.55. The molecule has 1 aromatic rings. The lowest BCUT2D eigenvalue weighted by Crippen LogP contribution is -2.75. The van der Waals surface area contributed by atoms with Crippen LogP contribution in [0.2, 0.25) is 0 Å². The molecular formula is C15H20N3O2+. The fraction of sp³-hybridized carbons (Fsp3) is 0.467. The van der Waals surface area contributed by atoms with E-state index in [-0.39, 0.29) is 0 Å². The van der Waals surface area contributed by atoms with Gasteiger partial charge in [0.1, 0.15) is 13.2 Å². The summed E-state index contributed by atoms with van der Waals surface area (Å²) in [7, 11) is 0. The first kappa shape index (κ1) is 13.0. The average Bonchev–Trinajstić information content (AvgIpc) is 2.76. The maximum atomic E-state index is 5.55. The molecule has 0 radical (unpaired) electrons. The van der Waals surface area contributed by atoms with Crippen molar-refractivity contribution in [3.63, 3.8) is 0 Å². The zero-order valence-corrected chi connectivity index (χ0v) is 11.5. The third-order valence-corrected chi connectivity index (χ3v) is 3.42. The summed E-state index contributed by atoms with van der Waals surface area (Å²) in [5.41, 5.74) is 4.09. The third-order valence-electron chi connectivity index (χ3n) is 3.42. The van der Waals surface area contributed by atoms with Crippen LogP contribution in [0.3, 0.4) is 0 Å². The second kappa shape index (κ2) is 6.41. The molecule has 0 aromatic heterocycles. The van der Waals surface area contributed by atoms with Gasteiger partial charge in [0.25, 0.3) is 5.84 Å². The Labute approximate surface area is 118 Å². The van der Waals surface area contributed by atoms with Crippen molar-refractivity contribution in [3.05, 3.63) is 23.8 Å². The summed E-state index contributed by atoms with van der Waals surface area (Å²) in [6.07, 6.45) is 6.58. The summed E-state index contributed by atoms with van der Waals surface area (Å²) in [6, 6.07) is 5.85. The van der Waals surface area contributed by atoms with E-state index in [1.54, 1.807) is 6.21 Å². The first-order chi connectivity index (χ1) is 9.92. The summed E-state index contributed by atoms with van der Waals surface area (Å²) in [6.45, 7) is 2.25. The van der Waals surface area contributed by atoms with Gasteiger partial charge in [-0.1, -0.05) is 5.10 Å². The molecule has 3 rings (SSSR count). The largest absolute Gasteiger partial charge is 0.486 e. The monoisotopic (exact) mass is 274 g/mol. The van der Waals surface area contributed by atoms with Gasteiger partial charge in [-0.25, -0.2) is 0 Å². The number of hydrazone groups is 1. The molecule has 0 saturated heterocycles. The van der Waals surface area contributed by atoms with Crippen LogP contribution in [0.4, 0.5) is 0 Å². The Kier molecular flexibility index (Phi) is 4.16. The topological polar surface area (TPSA) is 56.8 Å². The summed E-state index contributed by atoms with van der Waals surface area (Å²) in [4.78, 5) is 3.36. The van der Waals surface area contributed by atoms with Crippen LogP contribution in [-0.4, -0.2) is 31.8 Å². The minimum absolute atomic E-state index is 0.605. The third kappa shape index (κ3) is 3.29. The summed E-state index contributed by atoms with van der Waals surface area (Å²) in [5.74, 6) is 2.71. The van der Waals surface area contributed by atoms with Crippen LogP contribution in [0.15, 0.2) is 23.3 Å². The molecule has 0 amide bonds. The zero-order chi connectivity index (χ0) is 13.6. The average molecular weight is 274 g/mol. The molecule has 0 saturated carbocycles. The van der Waals surface area contributed by atoms with Crippen molar-refractivity contribution >= 4 is 12.1 Å². The first-order valence-corrected chi connectivity index (χ1v) is 7.20. The van der Waals surface area contributed by atoms with Crippen molar-refractivity contribution < 1.29 is 14.5 Å². The lowest BCUT2D eigenvalue weighted by molar-refractivity contribution is -0.459. The van der Waals surface area contributed by atoms with E-state index in [0.717, 1.165) is 35.9 Å². The molecule has 0 atom stereocenters. The van der Waals surface area contributed by atoms with E-state index in [1.807, 2.05) is 18.2 Å². The Hall–Kier alpha value is -2.04. The standard InChI is InChI=1S/C15H19N3O2/c1-2-4-15(16-7-3-1)18-17-11-12-5-6-13-14(10-12)20-9-8-19-13/h5-6,10-11H,1-4,7-9H2,(H,16,18)/p+1/b17-11+. The number of ether oxygens (including phenoxy) is 2. The zero-order valence-electron chi connectivity index (χ0n) is 11.5. The van der Waals surface area contributed by atoms with Gasteiger partial charge in [-0.15, -0.1) is 0 Å². The highest BCUT2D eigenvalue weighted by Gasteiger charge is 2.11. The molecule has 0 fully saturated rings. The van der Waals surface area contributed by atoms with Gasteiger partial charge < -0.3 is 9.47 Å². The van der Waals surface area contributed by atoms with Crippen LogP contribution in [-0.2, 0) is 0 Å². The van der Waals surface area contributed by atoms with Crippen molar-refractivity contribution in [1.82, 2.24) is 5.43 Å². The molecule has 0 bridgehead atoms. The number of benzene rings is 1. The molecule has 2 aliphatic rings. The Balaban J connectivity index is 1.62. The van der Waals surface area contributed by atoms with Crippen molar-refractivity contribution in [2.24, 2.45) is 5.10 Å².